The third-order valence-corrected chi connectivity index (χ3v) is 9.56. The van der Waals surface area contributed by atoms with Crippen molar-refractivity contribution < 1.29 is 17.9 Å². The standard InChI is InChI=1S/C34H37N3O4S/c1-25-14-15-26(2)32(24-25)41-27(3)34(38)35-30-16-18-31(19-17-30)42(39,40)37-22-20-36(21-23-37)33(28-10-6-4-7-11-28)29-12-8-5-9-13-29/h4-19,24,27,33H,20-23H2,1-3H3,(H,35,38). The molecular formula is C34H37N3O4S. The van der Waals surface area contributed by atoms with E-state index in [1.807, 2.05) is 68.4 Å². The average Bonchev–Trinajstić information content (AvgIpc) is 3.01. The average molecular weight is 584 g/mol. The van der Waals surface area contributed by atoms with Gasteiger partial charge in [-0.15, -0.1) is 0 Å². The topological polar surface area (TPSA) is 78.9 Å². The summed E-state index contributed by atoms with van der Waals surface area (Å²) in [5.74, 6) is 0.354. The summed E-state index contributed by atoms with van der Waals surface area (Å²) in [5.41, 5.74) is 4.88. The summed E-state index contributed by atoms with van der Waals surface area (Å²) in [6.45, 7) is 7.60. The zero-order valence-electron chi connectivity index (χ0n) is 24.2. The van der Waals surface area contributed by atoms with Gasteiger partial charge in [0.05, 0.1) is 10.9 Å². The van der Waals surface area contributed by atoms with Gasteiger partial charge < -0.3 is 10.1 Å². The number of ether oxygens (including phenoxy) is 1. The number of nitrogens with zero attached hydrogens (tertiary/aromatic N) is 2. The highest BCUT2D eigenvalue weighted by atomic mass is 32.2. The Morgan fingerprint density at radius 1 is 0.786 bits per heavy atom. The number of benzene rings is 4. The van der Waals surface area contributed by atoms with Crippen LogP contribution in [0.1, 0.15) is 35.2 Å². The number of amides is 1. The van der Waals surface area contributed by atoms with Crippen LogP contribution in [0.5, 0.6) is 5.75 Å². The Hall–Kier alpha value is -3.98. The van der Waals surface area contributed by atoms with Crippen LogP contribution in [0.4, 0.5) is 5.69 Å². The van der Waals surface area contributed by atoms with Gasteiger partial charge in [-0.2, -0.15) is 4.31 Å². The molecule has 42 heavy (non-hydrogen) atoms. The Balaban J connectivity index is 1.22. The number of piperazine rings is 1. The first-order valence-corrected chi connectivity index (χ1v) is 15.7. The van der Waals surface area contributed by atoms with Gasteiger partial charge in [0.1, 0.15) is 5.75 Å². The molecule has 4 aromatic carbocycles. The maximum atomic E-state index is 13.5. The van der Waals surface area contributed by atoms with Crippen molar-refractivity contribution in [3.8, 4) is 5.75 Å². The smallest absolute Gasteiger partial charge is 0.265 e. The monoisotopic (exact) mass is 583 g/mol. The molecule has 1 heterocycles. The van der Waals surface area contributed by atoms with Crippen molar-refractivity contribution in [2.45, 2.75) is 37.8 Å². The van der Waals surface area contributed by atoms with Gasteiger partial charge in [0.25, 0.3) is 5.91 Å². The van der Waals surface area contributed by atoms with E-state index in [0.29, 0.717) is 37.6 Å². The molecule has 0 saturated carbocycles. The van der Waals surface area contributed by atoms with Gasteiger partial charge in [-0.25, -0.2) is 8.42 Å². The summed E-state index contributed by atoms with van der Waals surface area (Å²) < 4.78 is 34.4. The Labute approximate surface area is 248 Å². The van der Waals surface area contributed by atoms with Crippen LogP contribution in [0.15, 0.2) is 108 Å². The molecule has 1 aliphatic rings. The molecule has 0 bridgehead atoms. The molecule has 1 atom stereocenters. The first kappa shape index (κ1) is 29.5. The Bertz CT molecular complexity index is 1560. The van der Waals surface area contributed by atoms with Crippen LogP contribution in [0.25, 0.3) is 0 Å². The lowest BCUT2D eigenvalue weighted by Crippen LogP contribution is -2.49. The van der Waals surface area contributed by atoms with Gasteiger partial charge in [-0.1, -0.05) is 72.8 Å². The van der Waals surface area contributed by atoms with Gasteiger partial charge in [0.15, 0.2) is 6.10 Å². The number of sulfonamides is 1. The molecule has 0 radical (unpaired) electrons. The molecule has 1 unspecified atom stereocenters. The van der Waals surface area contributed by atoms with Crippen LogP contribution in [0.3, 0.4) is 0 Å². The van der Waals surface area contributed by atoms with Crippen molar-refractivity contribution in [3.63, 3.8) is 0 Å². The number of nitrogens with one attached hydrogen (secondary N) is 1. The van der Waals surface area contributed by atoms with Gasteiger partial charge in [0.2, 0.25) is 10.0 Å². The highest BCUT2D eigenvalue weighted by Crippen LogP contribution is 2.30. The normalized spacial score (nSPS) is 15.3. The Kier molecular flexibility index (Phi) is 9.06. The quantitative estimate of drug-likeness (QED) is 0.269. The third-order valence-electron chi connectivity index (χ3n) is 7.65. The fourth-order valence-electron chi connectivity index (χ4n) is 5.27. The van der Waals surface area contributed by atoms with E-state index in [-0.39, 0.29) is 16.8 Å². The second kappa shape index (κ2) is 12.9. The van der Waals surface area contributed by atoms with Crippen molar-refractivity contribution in [2.24, 2.45) is 0 Å². The molecule has 1 N–H and O–H groups in total. The van der Waals surface area contributed by atoms with Crippen molar-refractivity contribution in [2.75, 3.05) is 31.5 Å². The largest absolute Gasteiger partial charge is 0.481 e. The molecule has 4 aromatic rings. The molecule has 1 saturated heterocycles. The van der Waals surface area contributed by atoms with Crippen LogP contribution >= 0.6 is 0 Å². The maximum Gasteiger partial charge on any atom is 0.265 e. The minimum absolute atomic E-state index is 0.0568. The summed E-state index contributed by atoms with van der Waals surface area (Å²) in [6.07, 6.45) is -0.721. The summed E-state index contributed by atoms with van der Waals surface area (Å²) in [7, 11) is -3.68. The number of rotatable bonds is 9. The van der Waals surface area contributed by atoms with E-state index in [9.17, 15) is 13.2 Å². The molecule has 0 spiro atoms. The number of aryl methyl sites for hydroxylation is 2. The van der Waals surface area contributed by atoms with E-state index in [1.54, 1.807) is 35.5 Å². The molecule has 1 amide bonds. The highest BCUT2D eigenvalue weighted by molar-refractivity contribution is 7.89. The Morgan fingerprint density at radius 3 is 1.93 bits per heavy atom. The predicted octanol–water partition coefficient (Wildman–Crippen LogP) is 5.81. The fraction of sp³-hybridized carbons (Fsp3) is 0.265. The lowest BCUT2D eigenvalue weighted by atomic mass is 9.96. The zero-order valence-corrected chi connectivity index (χ0v) is 25.1. The molecule has 5 rings (SSSR count). The molecule has 1 aliphatic heterocycles. The lowest BCUT2D eigenvalue weighted by Gasteiger charge is -2.39. The van der Waals surface area contributed by atoms with Gasteiger partial charge in [-0.05, 0) is 73.4 Å². The first-order chi connectivity index (χ1) is 20.2. The molecular weight excluding hydrogens is 546 g/mol. The van der Waals surface area contributed by atoms with E-state index < -0.39 is 16.1 Å². The molecule has 7 nitrogen and oxygen atoms in total. The number of hydrogen-bond acceptors (Lipinski definition) is 5. The number of anilines is 1. The van der Waals surface area contributed by atoms with Crippen LogP contribution < -0.4 is 10.1 Å². The van der Waals surface area contributed by atoms with E-state index in [4.69, 9.17) is 4.74 Å². The van der Waals surface area contributed by atoms with Crippen molar-refractivity contribution >= 4 is 21.6 Å². The van der Waals surface area contributed by atoms with Crippen molar-refractivity contribution in [1.29, 1.82) is 0 Å². The fourth-order valence-corrected chi connectivity index (χ4v) is 6.69. The molecule has 218 valence electrons. The summed E-state index contributed by atoms with van der Waals surface area (Å²) in [4.78, 5) is 15.3. The van der Waals surface area contributed by atoms with Crippen LogP contribution in [0.2, 0.25) is 0 Å². The summed E-state index contributed by atoms with van der Waals surface area (Å²) in [5, 5.41) is 2.82. The summed E-state index contributed by atoms with van der Waals surface area (Å²) >= 11 is 0. The second-order valence-corrected chi connectivity index (χ2v) is 12.6. The lowest BCUT2D eigenvalue weighted by molar-refractivity contribution is -0.122. The number of hydrogen-bond donors (Lipinski definition) is 1. The van der Waals surface area contributed by atoms with E-state index in [0.717, 1.165) is 11.1 Å². The third kappa shape index (κ3) is 6.73. The maximum absolute atomic E-state index is 13.5. The molecule has 0 aliphatic carbocycles. The number of carbonyl (C=O) groups excluding carboxylic acids is 1. The van der Waals surface area contributed by atoms with E-state index in [2.05, 4.69) is 34.5 Å². The van der Waals surface area contributed by atoms with E-state index >= 15 is 0 Å². The van der Waals surface area contributed by atoms with Crippen molar-refractivity contribution in [1.82, 2.24) is 9.21 Å². The molecule has 8 heteroatoms. The van der Waals surface area contributed by atoms with E-state index in [1.165, 1.54) is 11.1 Å². The van der Waals surface area contributed by atoms with Crippen molar-refractivity contribution in [3.05, 3.63) is 125 Å². The van der Waals surface area contributed by atoms with Gasteiger partial charge >= 0.3 is 0 Å². The first-order valence-electron chi connectivity index (χ1n) is 14.2. The second-order valence-electron chi connectivity index (χ2n) is 10.7. The van der Waals surface area contributed by atoms with Crippen LogP contribution in [-0.4, -0.2) is 55.8 Å². The molecule has 1 fully saturated rings. The van der Waals surface area contributed by atoms with Crippen LogP contribution in [0, 0.1) is 13.8 Å². The minimum atomic E-state index is -3.68. The Morgan fingerprint density at radius 2 is 1.36 bits per heavy atom. The number of carbonyl (C=O) groups is 1. The zero-order chi connectivity index (χ0) is 29.7. The summed E-state index contributed by atoms with van der Waals surface area (Å²) in [6, 6.07) is 32.9. The predicted molar refractivity (Wildman–Crippen MR) is 166 cm³/mol. The van der Waals surface area contributed by atoms with Gasteiger partial charge in [0, 0.05) is 31.9 Å². The minimum Gasteiger partial charge on any atom is -0.481 e. The molecule has 0 aromatic heterocycles. The SMILES string of the molecule is Cc1ccc(C)c(OC(C)C(=O)Nc2ccc(S(=O)(=O)N3CCN(C(c4ccccc4)c4ccccc4)CC3)cc2)c1. The van der Waals surface area contributed by atoms with Gasteiger partial charge in [-0.3, -0.25) is 9.69 Å². The highest BCUT2D eigenvalue weighted by Gasteiger charge is 2.32. The van der Waals surface area contributed by atoms with Crippen LogP contribution in [-0.2, 0) is 14.8 Å².